The number of carboxylic acids is 1. The molecule has 0 aromatic heterocycles. The molecule has 0 aromatic rings. The number of aliphatic carboxylic acids is 1. The van der Waals surface area contributed by atoms with E-state index in [-0.39, 0.29) is 17.9 Å². The van der Waals surface area contributed by atoms with Gasteiger partial charge in [0.1, 0.15) is 0 Å². The number of carboxylic acid groups (broad SMARTS) is 1. The maximum absolute atomic E-state index is 11.6. The zero-order valence-electron chi connectivity index (χ0n) is 8.48. The van der Waals surface area contributed by atoms with Crippen LogP contribution in [0.1, 0.15) is 25.7 Å². The van der Waals surface area contributed by atoms with Gasteiger partial charge in [-0.25, -0.2) is 0 Å². The van der Waals surface area contributed by atoms with E-state index in [2.05, 4.69) is 17.5 Å². The van der Waals surface area contributed by atoms with Crippen LogP contribution in [0.15, 0.2) is 12.2 Å². The van der Waals surface area contributed by atoms with Crippen LogP contribution in [-0.4, -0.2) is 23.0 Å². The average molecular weight is 209 g/mol. The molecule has 0 aliphatic heterocycles. The highest BCUT2D eigenvalue weighted by molar-refractivity contribution is 5.89. The van der Waals surface area contributed by atoms with Gasteiger partial charge in [-0.15, -0.1) is 0 Å². The summed E-state index contributed by atoms with van der Waals surface area (Å²) >= 11 is 0. The lowest BCUT2D eigenvalue weighted by atomic mass is 10.0. The lowest BCUT2D eigenvalue weighted by Gasteiger charge is -2.19. The Bertz CT molecular complexity index is 311. The van der Waals surface area contributed by atoms with Crippen molar-refractivity contribution in [1.82, 2.24) is 5.32 Å². The van der Waals surface area contributed by atoms with Crippen LogP contribution in [0, 0.1) is 11.8 Å². The van der Waals surface area contributed by atoms with Crippen LogP contribution in [0.3, 0.4) is 0 Å². The molecule has 4 heteroatoms. The Hall–Kier alpha value is -1.32. The van der Waals surface area contributed by atoms with Crippen LogP contribution < -0.4 is 5.32 Å². The van der Waals surface area contributed by atoms with Gasteiger partial charge in [0.15, 0.2) is 0 Å². The summed E-state index contributed by atoms with van der Waals surface area (Å²) in [6, 6.07) is 0.206. The van der Waals surface area contributed by atoms with Crippen molar-refractivity contribution in [3.05, 3.63) is 12.2 Å². The first-order chi connectivity index (χ1) is 7.18. The van der Waals surface area contributed by atoms with E-state index in [9.17, 15) is 9.59 Å². The van der Waals surface area contributed by atoms with Crippen molar-refractivity contribution in [3.63, 3.8) is 0 Å². The second-order valence-electron chi connectivity index (χ2n) is 4.28. The van der Waals surface area contributed by atoms with Gasteiger partial charge in [0.2, 0.25) is 5.91 Å². The molecule has 4 nitrogen and oxygen atoms in total. The molecule has 2 rings (SSSR count). The maximum Gasteiger partial charge on any atom is 0.307 e. The predicted octanol–water partition coefficient (Wildman–Crippen LogP) is 0.932. The van der Waals surface area contributed by atoms with Crippen molar-refractivity contribution in [2.75, 3.05) is 0 Å². The number of carbonyl (C=O) groups excluding carboxylic acids is 1. The van der Waals surface area contributed by atoms with Crippen molar-refractivity contribution in [1.29, 1.82) is 0 Å². The van der Waals surface area contributed by atoms with Crippen LogP contribution in [0.4, 0.5) is 0 Å². The Morgan fingerprint density at radius 2 is 2.07 bits per heavy atom. The summed E-state index contributed by atoms with van der Waals surface area (Å²) in [4.78, 5) is 22.2. The molecular formula is C11H15NO3. The Labute approximate surface area is 88.4 Å². The topological polar surface area (TPSA) is 66.4 Å². The zero-order chi connectivity index (χ0) is 10.8. The number of rotatable bonds is 3. The zero-order valence-corrected chi connectivity index (χ0v) is 8.48. The number of hydrogen-bond donors (Lipinski definition) is 2. The molecule has 2 N–H and O–H groups in total. The van der Waals surface area contributed by atoms with E-state index in [1.165, 1.54) is 0 Å². The van der Waals surface area contributed by atoms with Gasteiger partial charge in [-0.3, -0.25) is 9.59 Å². The third-order valence-corrected chi connectivity index (χ3v) is 3.06. The van der Waals surface area contributed by atoms with E-state index in [0.717, 1.165) is 19.3 Å². The molecule has 0 bridgehead atoms. The van der Waals surface area contributed by atoms with Crippen molar-refractivity contribution >= 4 is 11.9 Å². The average Bonchev–Trinajstić information content (AvgIpc) is 2.98. The first-order valence-corrected chi connectivity index (χ1v) is 5.36. The van der Waals surface area contributed by atoms with Gasteiger partial charge in [0.05, 0.1) is 11.8 Å². The Balaban J connectivity index is 1.78. The summed E-state index contributed by atoms with van der Waals surface area (Å²) in [5.41, 5.74) is 0. The van der Waals surface area contributed by atoms with Crippen LogP contribution in [-0.2, 0) is 9.59 Å². The number of hydrogen-bond acceptors (Lipinski definition) is 2. The minimum absolute atomic E-state index is 0.0808. The molecule has 82 valence electrons. The molecule has 2 aliphatic carbocycles. The van der Waals surface area contributed by atoms with Crippen LogP contribution >= 0.6 is 0 Å². The summed E-state index contributed by atoms with van der Waals surface area (Å²) in [6.45, 7) is 0. The number of nitrogens with one attached hydrogen (secondary N) is 1. The molecule has 0 heterocycles. The lowest BCUT2D eigenvalue weighted by molar-refractivity contribution is -0.140. The fourth-order valence-corrected chi connectivity index (χ4v) is 1.99. The second-order valence-corrected chi connectivity index (χ2v) is 4.28. The first kappa shape index (κ1) is 10.2. The van der Waals surface area contributed by atoms with E-state index in [4.69, 9.17) is 5.11 Å². The lowest BCUT2D eigenvalue weighted by Crippen LogP contribution is -2.36. The van der Waals surface area contributed by atoms with Crippen molar-refractivity contribution in [3.8, 4) is 0 Å². The Kier molecular flexibility index (Phi) is 2.75. The summed E-state index contributed by atoms with van der Waals surface area (Å²) in [5.74, 6) is -1.65. The molecule has 0 saturated heterocycles. The van der Waals surface area contributed by atoms with Crippen molar-refractivity contribution < 1.29 is 14.7 Å². The van der Waals surface area contributed by atoms with Crippen LogP contribution in [0.2, 0.25) is 0 Å². The largest absolute Gasteiger partial charge is 0.481 e. The SMILES string of the molecule is O=C(NC1CC=CCC1)[C@H]1C[C@H]1C(=O)O. The van der Waals surface area contributed by atoms with Gasteiger partial charge in [-0.05, 0) is 25.7 Å². The molecule has 0 spiro atoms. The second kappa shape index (κ2) is 4.04. The predicted molar refractivity (Wildman–Crippen MR) is 54.2 cm³/mol. The molecule has 1 fully saturated rings. The van der Waals surface area contributed by atoms with E-state index < -0.39 is 11.9 Å². The minimum Gasteiger partial charge on any atom is -0.481 e. The molecule has 3 atom stereocenters. The Morgan fingerprint density at radius 1 is 1.27 bits per heavy atom. The van der Waals surface area contributed by atoms with Crippen molar-refractivity contribution in [2.45, 2.75) is 31.7 Å². The third-order valence-electron chi connectivity index (χ3n) is 3.06. The number of carbonyl (C=O) groups is 2. The van der Waals surface area contributed by atoms with Gasteiger partial charge >= 0.3 is 5.97 Å². The monoisotopic (exact) mass is 209 g/mol. The highest BCUT2D eigenvalue weighted by atomic mass is 16.4. The fraction of sp³-hybridized carbons (Fsp3) is 0.636. The highest BCUT2D eigenvalue weighted by Crippen LogP contribution is 2.38. The van der Waals surface area contributed by atoms with Gasteiger partial charge in [0, 0.05) is 6.04 Å². The van der Waals surface area contributed by atoms with E-state index >= 15 is 0 Å². The molecule has 0 radical (unpaired) electrons. The standard InChI is InChI=1S/C11H15NO3/c13-10(8-6-9(8)11(14)15)12-7-4-2-1-3-5-7/h1-2,7-9H,3-6H2,(H,12,13)(H,14,15)/t7?,8-,9+/m0/s1. The van der Waals surface area contributed by atoms with Gasteiger partial charge < -0.3 is 10.4 Å². The number of allylic oxidation sites excluding steroid dienone is 1. The van der Waals surface area contributed by atoms with Gasteiger partial charge in [-0.2, -0.15) is 0 Å². The minimum atomic E-state index is -0.848. The molecule has 15 heavy (non-hydrogen) atoms. The molecule has 1 saturated carbocycles. The molecular weight excluding hydrogens is 194 g/mol. The van der Waals surface area contributed by atoms with E-state index in [1.807, 2.05) is 0 Å². The summed E-state index contributed by atoms with van der Waals surface area (Å²) in [5, 5.41) is 11.6. The van der Waals surface area contributed by atoms with Crippen LogP contribution in [0.25, 0.3) is 0 Å². The Morgan fingerprint density at radius 3 is 2.60 bits per heavy atom. The maximum atomic E-state index is 11.6. The van der Waals surface area contributed by atoms with Crippen molar-refractivity contribution in [2.24, 2.45) is 11.8 Å². The number of amides is 1. The van der Waals surface area contributed by atoms with Crippen LogP contribution in [0.5, 0.6) is 0 Å². The quantitative estimate of drug-likeness (QED) is 0.679. The van der Waals surface area contributed by atoms with E-state index in [1.54, 1.807) is 0 Å². The van der Waals surface area contributed by atoms with E-state index in [0.29, 0.717) is 6.42 Å². The molecule has 1 amide bonds. The first-order valence-electron chi connectivity index (χ1n) is 5.36. The summed E-state index contributed by atoms with van der Waals surface area (Å²) < 4.78 is 0. The molecule has 1 unspecified atom stereocenters. The summed E-state index contributed by atoms with van der Waals surface area (Å²) in [6.07, 6.45) is 7.51. The van der Waals surface area contributed by atoms with Gasteiger partial charge in [0.25, 0.3) is 0 Å². The summed E-state index contributed by atoms with van der Waals surface area (Å²) in [7, 11) is 0. The fourth-order valence-electron chi connectivity index (χ4n) is 1.99. The van der Waals surface area contributed by atoms with Gasteiger partial charge in [-0.1, -0.05) is 12.2 Å². The third kappa shape index (κ3) is 2.37. The molecule has 0 aromatic carbocycles. The normalized spacial score (nSPS) is 33.5. The molecule has 2 aliphatic rings. The smallest absolute Gasteiger partial charge is 0.307 e. The highest BCUT2D eigenvalue weighted by Gasteiger charge is 2.48.